The summed E-state index contributed by atoms with van der Waals surface area (Å²) < 4.78 is 16.8. The largest absolute Gasteiger partial charge is 0.458 e. The molecule has 1 aliphatic heterocycles. The van der Waals surface area contributed by atoms with Crippen LogP contribution in [-0.2, 0) is 28.6 Å². The summed E-state index contributed by atoms with van der Waals surface area (Å²) in [7, 11) is 0. The monoisotopic (exact) mass is 364 g/mol. The van der Waals surface area contributed by atoms with Crippen LogP contribution in [0, 0.1) is 5.92 Å². The zero-order valence-corrected chi connectivity index (χ0v) is 15.7. The van der Waals surface area contributed by atoms with Gasteiger partial charge in [0.15, 0.2) is 11.2 Å². The highest BCUT2D eigenvalue weighted by molar-refractivity contribution is 8.13. The van der Waals surface area contributed by atoms with Gasteiger partial charge in [0.05, 0.1) is 0 Å². The second-order valence-electron chi connectivity index (χ2n) is 5.31. The Morgan fingerprint density at radius 1 is 1.04 bits per heavy atom. The molecule has 0 aliphatic carbocycles. The standard InChI is InChI=1S/C15H24O6S2/c1-6-22-15-8(2)13(19-9(3)16)14(20-10(4)17)12(21-15)7-23-11(5)18/h8,12-15H,6-7H2,1-5H3/t8?,12?,13-,14-,15+/m1/s1. The molecule has 1 saturated heterocycles. The van der Waals surface area contributed by atoms with Gasteiger partial charge in [-0.25, -0.2) is 0 Å². The van der Waals surface area contributed by atoms with Crippen LogP contribution in [-0.4, -0.2) is 52.3 Å². The van der Waals surface area contributed by atoms with Gasteiger partial charge in [-0.3, -0.25) is 14.4 Å². The van der Waals surface area contributed by atoms with Crippen molar-refractivity contribution >= 4 is 40.6 Å². The summed E-state index contributed by atoms with van der Waals surface area (Å²) in [6.07, 6.45) is -1.81. The van der Waals surface area contributed by atoms with Crippen LogP contribution in [0.4, 0.5) is 0 Å². The number of hydrogen-bond donors (Lipinski definition) is 0. The van der Waals surface area contributed by atoms with Crippen molar-refractivity contribution in [3.8, 4) is 0 Å². The minimum atomic E-state index is -0.716. The minimum absolute atomic E-state index is 0.0440. The van der Waals surface area contributed by atoms with Gasteiger partial charge in [-0.2, -0.15) is 0 Å². The molecule has 0 amide bonds. The van der Waals surface area contributed by atoms with Crippen LogP contribution in [0.5, 0.6) is 0 Å². The van der Waals surface area contributed by atoms with E-state index in [1.54, 1.807) is 11.8 Å². The summed E-state index contributed by atoms with van der Waals surface area (Å²) in [6.45, 7) is 8.02. The van der Waals surface area contributed by atoms with E-state index >= 15 is 0 Å². The Hall–Kier alpha value is -0.730. The third-order valence-electron chi connectivity index (χ3n) is 3.33. The van der Waals surface area contributed by atoms with Gasteiger partial charge in [-0.1, -0.05) is 25.6 Å². The van der Waals surface area contributed by atoms with Gasteiger partial charge >= 0.3 is 11.9 Å². The minimum Gasteiger partial charge on any atom is -0.458 e. The first-order valence-corrected chi connectivity index (χ1v) is 9.54. The second-order valence-corrected chi connectivity index (χ2v) is 7.88. The van der Waals surface area contributed by atoms with Gasteiger partial charge in [0.1, 0.15) is 17.6 Å². The number of carbonyl (C=O) groups is 3. The van der Waals surface area contributed by atoms with E-state index in [1.165, 1.54) is 20.8 Å². The van der Waals surface area contributed by atoms with Crippen LogP contribution >= 0.6 is 23.5 Å². The van der Waals surface area contributed by atoms with Crippen molar-refractivity contribution in [2.45, 2.75) is 58.4 Å². The van der Waals surface area contributed by atoms with Crippen molar-refractivity contribution in [2.24, 2.45) is 5.92 Å². The van der Waals surface area contributed by atoms with Crippen LogP contribution in [0.15, 0.2) is 0 Å². The lowest BCUT2D eigenvalue weighted by Crippen LogP contribution is -2.56. The molecule has 8 heteroatoms. The lowest BCUT2D eigenvalue weighted by Gasteiger charge is -2.44. The summed E-state index contributed by atoms with van der Waals surface area (Å²) >= 11 is 2.71. The van der Waals surface area contributed by atoms with E-state index in [-0.39, 0.29) is 16.5 Å². The fourth-order valence-corrected chi connectivity index (χ4v) is 4.10. The number of esters is 2. The first-order valence-electron chi connectivity index (χ1n) is 7.51. The molecule has 1 aliphatic rings. The van der Waals surface area contributed by atoms with E-state index in [0.29, 0.717) is 5.75 Å². The first-order chi connectivity index (χ1) is 10.8. The van der Waals surface area contributed by atoms with E-state index in [9.17, 15) is 14.4 Å². The zero-order valence-electron chi connectivity index (χ0n) is 14.1. The van der Waals surface area contributed by atoms with Gasteiger partial charge in [0, 0.05) is 32.4 Å². The van der Waals surface area contributed by atoms with Crippen molar-refractivity contribution < 1.29 is 28.6 Å². The zero-order chi connectivity index (χ0) is 17.6. The van der Waals surface area contributed by atoms with Crippen LogP contribution in [0.3, 0.4) is 0 Å². The Bertz CT molecular complexity index is 442. The third kappa shape index (κ3) is 6.35. The average Bonchev–Trinajstić information content (AvgIpc) is 2.43. The molecule has 0 aromatic carbocycles. The van der Waals surface area contributed by atoms with Crippen molar-refractivity contribution in [1.82, 2.24) is 0 Å². The Balaban J connectivity index is 3.02. The van der Waals surface area contributed by atoms with E-state index in [1.807, 2.05) is 13.8 Å². The number of rotatable bonds is 6. The maximum absolute atomic E-state index is 11.5. The molecule has 5 atom stereocenters. The highest BCUT2D eigenvalue weighted by Gasteiger charge is 2.47. The third-order valence-corrected chi connectivity index (χ3v) is 5.44. The normalized spacial score (nSPS) is 30.6. The molecule has 0 bridgehead atoms. The fourth-order valence-electron chi connectivity index (χ4n) is 2.43. The van der Waals surface area contributed by atoms with Gasteiger partial charge in [-0.15, -0.1) is 11.8 Å². The van der Waals surface area contributed by atoms with E-state index in [4.69, 9.17) is 14.2 Å². The number of thioether (sulfide) groups is 2. The predicted octanol–water partition coefficient (Wildman–Crippen LogP) is 2.24. The van der Waals surface area contributed by atoms with Crippen molar-refractivity contribution in [3.63, 3.8) is 0 Å². The highest BCUT2D eigenvalue weighted by atomic mass is 32.2. The molecule has 0 spiro atoms. The molecule has 6 nitrogen and oxygen atoms in total. The van der Waals surface area contributed by atoms with Crippen LogP contribution < -0.4 is 0 Å². The molecule has 132 valence electrons. The molecular formula is C15H24O6S2. The Kier molecular flexibility index (Phi) is 8.42. The molecule has 0 radical (unpaired) electrons. The molecule has 1 fully saturated rings. The van der Waals surface area contributed by atoms with Gasteiger partial charge < -0.3 is 14.2 Å². The number of carbonyl (C=O) groups excluding carboxylic acids is 3. The SMILES string of the molecule is CCS[C@@H]1OC(CSC(C)=O)[C@@H](OC(C)=O)[C@H](OC(C)=O)C1C. The molecule has 0 aromatic rings. The van der Waals surface area contributed by atoms with E-state index < -0.39 is 30.3 Å². The summed E-state index contributed by atoms with van der Waals surface area (Å²) in [5, 5.41) is -0.0440. The summed E-state index contributed by atoms with van der Waals surface area (Å²) in [5.41, 5.74) is -0.186. The smallest absolute Gasteiger partial charge is 0.303 e. The summed E-state index contributed by atoms with van der Waals surface area (Å²) in [6, 6.07) is 0. The fraction of sp³-hybridized carbons (Fsp3) is 0.800. The summed E-state index contributed by atoms with van der Waals surface area (Å²) in [5.74, 6) is 0.152. The molecule has 1 rings (SSSR count). The van der Waals surface area contributed by atoms with Gasteiger partial charge in [-0.05, 0) is 5.75 Å². The number of ether oxygens (including phenoxy) is 3. The average molecular weight is 364 g/mol. The lowest BCUT2D eigenvalue weighted by molar-refractivity contribution is -0.206. The number of hydrogen-bond acceptors (Lipinski definition) is 8. The molecular weight excluding hydrogens is 340 g/mol. The van der Waals surface area contributed by atoms with Gasteiger partial charge in [0.2, 0.25) is 0 Å². The Morgan fingerprint density at radius 2 is 1.61 bits per heavy atom. The van der Waals surface area contributed by atoms with E-state index in [0.717, 1.165) is 17.5 Å². The Morgan fingerprint density at radius 3 is 2.09 bits per heavy atom. The van der Waals surface area contributed by atoms with Crippen LogP contribution in [0.25, 0.3) is 0 Å². The molecule has 1 heterocycles. The summed E-state index contributed by atoms with van der Waals surface area (Å²) in [4.78, 5) is 34.2. The highest BCUT2D eigenvalue weighted by Crippen LogP contribution is 2.36. The van der Waals surface area contributed by atoms with Crippen molar-refractivity contribution in [3.05, 3.63) is 0 Å². The molecule has 2 unspecified atom stereocenters. The first kappa shape index (κ1) is 20.3. The van der Waals surface area contributed by atoms with Crippen molar-refractivity contribution in [2.75, 3.05) is 11.5 Å². The topological polar surface area (TPSA) is 78.9 Å². The van der Waals surface area contributed by atoms with E-state index in [2.05, 4.69) is 0 Å². The lowest BCUT2D eigenvalue weighted by atomic mass is 9.93. The quantitative estimate of drug-likeness (QED) is 0.664. The molecule has 0 saturated carbocycles. The second kappa shape index (κ2) is 9.54. The maximum atomic E-state index is 11.5. The van der Waals surface area contributed by atoms with Crippen molar-refractivity contribution in [1.29, 1.82) is 0 Å². The molecule has 0 N–H and O–H groups in total. The molecule has 0 aromatic heterocycles. The predicted molar refractivity (Wildman–Crippen MR) is 90.2 cm³/mol. The van der Waals surface area contributed by atoms with Crippen LogP contribution in [0.2, 0.25) is 0 Å². The Labute approximate surface area is 145 Å². The molecule has 23 heavy (non-hydrogen) atoms. The van der Waals surface area contributed by atoms with Crippen LogP contribution in [0.1, 0.15) is 34.6 Å². The van der Waals surface area contributed by atoms with Gasteiger partial charge in [0.25, 0.3) is 0 Å². The maximum Gasteiger partial charge on any atom is 0.303 e.